The third-order valence-electron chi connectivity index (χ3n) is 5.11. The number of aromatic nitrogens is 1. The van der Waals surface area contributed by atoms with E-state index in [1.165, 1.54) is 11.3 Å². The number of nitrogens with one attached hydrogen (secondary N) is 2. The fourth-order valence-corrected chi connectivity index (χ4v) is 4.33. The first kappa shape index (κ1) is 24.4. The molecule has 0 spiro atoms. The highest BCUT2D eigenvalue weighted by Crippen LogP contribution is 2.23. The van der Waals surface area contributed by atoms with Gasteiger partial charge in [-0.3, -0.25) is 25.2 Å². The maximum Gasteiger partial charge on any atom is 0.281 e. The molecule has 35 heavy (non-hydrogen) atoms. The van der Waals surface area contributed by atoms with Gasteiger partial charge in [-0.15, -0.1) is 11.3 Å². The Morgan fingerprint density at radius 3 is 2.20 bits per heavy atom. The SMILES string of the molecule is CC(C)(Oc1ccc(C(=O)c2ccc(Cl)cc2)cc1)C(=O)NNC(=O)Cc1nc2ccccc2s1. The van der Waals surface area contributed by atoms with Crippen molar-refractivity contribution in [3.8, 4) is 5.75 Å². The predicted octanol–water partition coefficient (Wildman–Crippen LogP) is 4.73. The maximum absolute atomic E-state index is 12.6. The lowest BCUT2D eigenvalue weighted by molar-refractivity contribution is -0.138. The van der Waals surface area contributed by atoms with Crippen LogP contribution in [0.25, 0.3) is 10.2 Å². The fraction of sp³-hybridized carbons (Fsp3) is 0.154. The minimum absolute atomic E-state index is 0.0457. The number of ether oxygens (including phenoxy) is 1. The lowest BCUT2D eigenvalue weighted by atomic mass is 10.0. The summed E-state index contributed by atoms with van der Waals surface area (Å²) < 4.78 is 6.80. The number of nitrogens with zero attached hydrogens (tertiary/aromatic N) is 1. The molecule has 0 saturated carbocycles. The van der Waals surface area contributed by atoms with Crippen LogP contribution in [-0.2, 0) is 16.0 Å². The summed E-state index contributed by atoms with van der Waals surface area (Å²) >= 11 is 7.31. The molecule has 7 nitrogen and oxygen atoms in total. The van der Waals surface area contributed by atoms with Gasteiger partial charge in [0.2, 0.25) is 5.91 Å². The Morgan fingerprint density at radius 1 is 0.914 bits per heavy atom. The number of fused-ring (bicyclic) bond motifs is 1. The second-order valence-corrected chi connectivity index (χ2v) is 9.78. The highest BCUT2D eigenvalue weighted by molar-refractivity contribution is 7.18. The topological polar surface area (TPSA) is 97.4 Å². The van der Waals surface area contributed by atoms with E-state index in [2.05, 4.69) is 15.8 Å². The summed E-state index contributed by atoms with van der Waals surface area (Å²) in [4.78, 5) is 41.9. The molecule has 0 atom stereocenters. The van der Waals surface area contributed by atoms with Crippen molar-refractivity contribution in [3.05, 3.63) is 94.0 Å². The standard InChI is InChI=1S/C26H22ClN3O4S/c1-26(2,25(33)30-29-22(31)15-23-28-20-5-3-4-6-21(20)35-23)34-19-13-9-17(10-14-19)24(32)16-7-11-18(27)12-8-16/h3-14H,15H2,1-2H3,(H,29,31)(H,30,33). The molecule has 178 valence electrons. The minimum Gasteiger partial charge on any atom is -0.478 e. The van der Waals surface area contributed by atoms with Crippen LogP contribution in [0.2, 0.25) is 5.02 Å². The lowest BCUT2D eigenvalue weighted by Crippen LogP contribution is -2.53. The Labute approximate surface area is 211 Å². The number of carbonyl (C=O) groups is 3. The average molecular weight is 508 g/mol. The Bertz CT molecular complexity index is 1350. The van der Waals surface area contributed by atoms with Crippen molar-refractivity contribution in [2.75, 3.05) is 0 Å². The second kappa shape index (κ2) is 10.2. The van der Waals surface area contributed by atoms with E-state index < -0.39 is 17.4 Å². The summed E-state index contributed by atoms with van der Waals surface area (Å²) in [5, 5.41) is 1.21. The number of hydrogen-bond acceptors (Lipinski definition) is 6. The molecule has 0 aliphatic carbocycles. The molecule has 9 heteroatoms. The quantitative estimate of drug-likeness (QED) is 0.278. The van der Waals surface area contributed by atoms with Crippen LogP contribution in [0.4, 0.5) is 0 Å². The molecule has 4 aromatic rings. The Morgan fingerprint density at radius 2 is 1.54 bits per heavy atom. The number of amides is 2. The molecule has 0 aliphatic heterocycles. The number of carbonyl (C=O) groups excluding carboxylic acids is 3. The van der Waals surface area contributed by atoms with Crippen LogP contribution in [0.3, 0.4) is 0 Å². The molecule has 1 aromatic heterocycles. The van der Waals surface area contributed by atoms with E-state index in [1.54, 1.807) is 62.4 Å². The van der Waals surface area contributed by atoms with E-state index in [1.807, 2.05) is 24.3 Å². The number of halogens is 1. The first-order valence-electron chi connectivity index (χ1n) is 10.7. The first-order valence-corrected chi connectivity index (χ1v) is 11.9. The number of para-hydroxylation sites is 1. The zero-order valence-corrected chi connectivity index (χ0v) is 20.6. The van der Waals surface area contributed by atoms with Gasteiger partial charge in [0.1, 0.15) is 10.8 Å². The Balaban J connectivity index is 1.31. The monoisotopic (exact) mass is 507 g/mol. The second-order valence-electron chi connectivity index (χ2n) is 8.23. The van der Waals surface area contributed by atoms with Crippen molar-refractivity contribution in [1.82, 2.24) is 15.8 Å². The largest absolute Gasteiger partial charge is 0.478 e. The van der Waals surface area contributed by atoms with Gasteiger partial charge in [0.15, 0.2) is 11.4 Å². The first-order chi connectivity index (χ1) is 16.7. The lowest BCUT2D eigenvalue weighted by Gasteiger charge is -2.25. The third-order valence-corrected chi connectivity index (χ3v) is 6.40. The van der Waals surface area contributed by atoms with Crippen molar-refractivity contribution in [2.24, 2.45) is 0 Å². The summed E-state index contributed by atoms with van der Waals surface area (Å²) in [6.07, 6.45) is 0.0457. The zero-order chi connectivity index (χ0) is 25.0. The van der Waals surface area contributed by atoms with Crippen LogP contribution in [0.5, 0.6) is 5.75 Å². The summed E-state index contributed by atoms with van der Waals surface area (Å²) in [6.45, 7) is 3.16. The summed E-state index contributed by atoms with van der Waals surface area (Å²) in [5.41, 5.74) is 5.35. The molecule has 2 amide bonds. The smallest absolute Gasteiger partial charge is 0.281 e. The van der Waals surface area contributed by atoms with Gasteiger partial charge in [0, 0.05) is 16.1 Å². The Hall–Kier alpha value is -3.75. The predicted molar refractivity (Wildman–Crippen MR) is 136 cm³/mol. The molecular formula is C26H22ClN3O4S. The van der Waals surface area contributed by atoms with Crippen molar-refractivity contribution in [2.45, 2.75) is 25.9 Å². The number of hydrogen-bond donors (Lipinski definition) is 2. The number of ketones is 1. The van der Waals surface area contributed by atoms with Crippen LogP contribution in [0, 0.1) is 0 Å². The van der Waals surface area contributed by atoms with Gasteiger partial charge >= 0.3 is 0 Å². The van der Waals surface area contributed by atoms with E-state index in [0.717, 1.165) is 10.2 Å². The molecule has 0 unspecified atom stereocenters. The Kier molecular flexibility index (Phi) is 7.14. The molecule has 0 saturated heterocycles. The van der Waals surface area contributed by atoms with Gasteiger partial charge in [-0.2, -0.15) is 0 Å². The molecule has 0 fully saturated rings. The summed E-state index contributed by atoms with van der Waals surface area (Å²) in [5.74, 6) is -0.672. The number of thiazole rings is 1. The van der Waals surface area contributed by atoms with E-state index in [4.69, 9.17) is 16.3 Å². The zero-order valence-electron chi connectivity index (χ0n) is 19.0. The van der Waals surface area contributed by atoms with Gasteiger partial charge in [-0.05, 0) is 74.5 Å². The fourth-order valence-electron chi connectivity index (χ4n) is 3.24. The van der Waals surface area contributed by atoms with E-state index in [0.29, 0.717) is 26.9 Å². The third kappa shape index (κ3) is 6.03. The van der Waals surface area contributed by atoms with Crippen LogP contribution in [0.1, 0.15) is 34.8 Å². The number of hydrazine groups is 1. The van der Waals surface area contributed by atoms with Crippen molar-refractivity contribution >= 4 is 50.8 Å². The number of rotatable bonds is 7. The maximum atomic E-state index is 12.6. The van der Waals surface area contributed by atoms with E-state index in [-0.39, 0.29) is 12.2 Å². The average Bonchev–Trinajstić information content (AvgIpc) is 3.25. The van der Waals surface area contributed by atoms with Gasteiger partial charge < -0.3 is 4.74 Å². The summed E-state index contributed by atoms with van der Waals surface area (Å²) in [7, 11) is 0. The van der Waals surface area contributed by atoms with E-state index >= 15 is 0 Å². The van der Waals surface area contributed by atoms with Crippen molar-refractivity contribution in [1.29, 1.82) is 0 Å². The molecule has 1 heterocycles. The van der Waals surface area contributed by atoms with Crippen LogP contribution in [0.15, 0.2) is 72.8 Å². The van der Waals surface area contributed by atoms with Gasteiger partial charge in [-0.1, -0.05) is 23.7 Å². The van der Waals surface area contributed by atoms with Crippen LogP contribution >= 0.6 is 22.9 Å². The van der Waals surface area contributed by atoms with Crippen molar-refractivity contribution in [3.63, 3.8) is 0 Å². The van der Waals surface area contributed by atoms with Crippen LogP contribution in [-0.4, -0.2) is 28.2 Å². The van der Waals surface area contributed by atoms with Crippen molar-refractivity contribution < 1.29 is 19.1 Å². The molecule has 0 radical (unpaired) electrons. The highest BCUT2D eigenvalue weighted by Gasteiger charge is 2.30. The molecule has 4 rings (SSSR count). The van der Waals surface area contributed by atoms with Gasteiger partial charge in [-0.25, -0.2) is 4.98 Å². The van der Waals surface area contributed by atoms with E-state index in [9.17, 15) is 14.4 Å². The minimum atomic E-state index is -1.29. The van der Waals surface area contributed by atoms with Crippen LogP contribution < -0.4 is 15.6 Å². The molecule has 0 bridgehead atoms. The molecule has 2 N–H and O–H groups in total. The van der Waals surface area contributed by atoms with Gasteiger partial charge in [0.25, 0.3) is 5.91 Å². The molecule has 0 aliphatic rings. The normalized spacial score (nSPS) is 11.2. The molecule has 3 aromatic carbocycles. The van der Waals surface area contributed by atoms with Gasteiger partial charge in [0.05, 0.1) is 16.6 Å². The number of benzene rings is 3. The molecular weight excluding hydrogens is 486 g/mol. The summed E-state index contributed by atoms with van der Waals surface area (Å²) in [6, 6.07) is 20.7. The highest BCUT2D eigenvalue weighted by atomic mass is 35.5.